The Hall–Kier alpha value is -1.76. The van der Waals surface area contributed by atoms with Crippen LogP contribution in [0.5, 0.6) is 0 Å². The van der Waals surface area contributed by atoms with Crippen molar-refractivity contribution in [1.82, 2.24) is 5.32 Å². The van der Waals surface area contributed by atoms with Gasteiger partial charge in [0.25, 0.3) is 5.91 Å². The number of hydrogen-bond donors (Lipinski definition) is 4. The van der Waals surface area contributed by atoms with Gasteiger partial charge >= 0.3 is 0 Å². The fraction of sp³-hybridized carbons (Fsp3) is 0.529. The molecule has 0 heterocycles. The number of amides is 1. The number of nitrogens with one attached hydrogen (secondary N) is 1. The molecular weight excluding hydrogens is 296 g/mol. The number of aliphatic hydroxyl groups is 2. The third-order valence-corrected chi connectivity index (χ3v) is 3.56. The Morgan fingerprint density at radius 2 is 1.83 bits per heavy atom. The van der Waals surface area contributed by atoms with E-state index in [9.17, 15) is 14.7 Å². The van der Waals surface area contributed by atoms with E-state index in [1.165, 1.54) is 0 Å². The van der Waals surface area contributed by atoms with Crippen LogP contribution in [0.2, 0.25) is 0 Å². The molecule has 1 aromatic rings. The lowest BCUT2D eigenvalue weighted by Crippen LogP contribution is -2.52. The largest absolute Gasteiger partial charge is 0.389 e. The first-order valence-corrected chi connectivity index (χ1v) is 7.76. The monoisotopic (exact) mass is 322 g/mol. The molecule has 0 bridgehead atoms. The average Bonchev–Trinajstić information content (AvgIpc) is 2.53. The molecule has 6 nitrogen and oxygen atoms in total. The first-order valence-electron chi connectivity index (χ1n) is 7.76. The molecule has 0 saturated carbocycles. The topological polar surface area (TPSA) is 113 Å². The first kappa shape index (κ1) is 19.3. The smallest absolute Gasteiger partial charge is 0.251 e. The van der Waals surface area contributed by atoms with Crippen molar-refractivity contribution in [2.75, 3.05) is 6.61 Å². The number of ketones is 1. The van der Waals surface area contributed by atoms with Crippen LogP contribution in [0, 0.1) is 5.92 Å². The average molecular weight is 322 g/mol. The van der Waals surface area contributed by atoms with Gasteiger partial charge in [-0.1, -0.05) is 44.2 Å². The van der Waals surface area contributed by atoms with Crippen molar-refractivity contribution in [2.45, 2.75) is 44.9 Å². The summed E-state index contributed by atoms with van der Waals surface area (Å²) in [4.78, 5) is 23.8. The molecule has 0 saturated heterocycles. The van der Waals surface area contributed by atoms with Gasteiger partial charge in [0, 0.05) is 6.04 Å². The van der Waals surface area contributed by atoms with Crippen LogP contribution in [-0.4, -0.2) is 46.7 Å². The zero-order valence-corrected chi connectivity index (χ0v) is 13.6. The molecule has 128 valence electrons. The Labute approximate surface area is 136 Å². The Morgan fingerprint density at radius 1 is 1.22 bits per heavy atom. The Morgan fingerprint density at radius 3 is 2.35 bits per heavy atom. The maximum Gasteiger partial charge on any atom is 0.251 e. The Kier molecular flexibility index (Phi) is 7.88. The van der Waals surface area contributed by atoms with Gasteiger partial charge in [-0.15, -0.1) is 0 Å². The minimum atomic E-state index is -1.42. The van der Waals surface area contributed by atoms with Gasteiger partial charge in [-0.05, 0) is 24.3 Å². The molecule has 0 spiro atoms. The number of Topliss-reactive ketones (excluding diaryl/α,β-unsaturated/α-hetero) is 1. The van der Waals surface area contributed by atoms with Crippen LogP contribution >= 0.6 is 0 Å². The molecule has 3 atom stereocenters. The second-order valence-corrected chi connectivity index (χ2v) is 6.11. The standard InChI is InChI=1S/C17H26N2O4/c1-11(2)8-14(15(21)10-20)19-17(23)16(22)13(18)9-12-6-4-3-5-7-12/h3-7,11,13-14,16,20,22H,8-10,18H2,1-2H3,(H,19,23)/t13-,14+,16+/m1/s1. The lowest BCUT2D eigenvalue weighted by molar-refractivity contribution is -0.135. The van der Waals surface area contributed by atoms with Gasteiger partial charge in [0.15, 0.2) is 5.78 Å². The van der Waals surface area contributed by atoms with E-state index in [4.69, 9.17) is 10.8 Å². The lowest BCUT2D eigenvalue weighted by Gasteiger charge is -2.23. The molecule has 0 fully saturated rings. The van der Waals surface area contributed by atoms with E-state index < -0.39 is 36.5 Å². The molecule has 0 aromatic heterocycles. The number of carbonyl (C=O) groups excluding carboxylic acids is 2. The highest BCUT2D eigenvalue weighted by Crippen LogP contribution is 2.08. The predicted molar refractivity (Wildman–Crippen MR) is 87.6 cm³/mol. The molecule has 0 radical (unpaired) electrons. The Balaban J connectivity index is 2.64. The van der Waals surface area contributed by atoms with Crippen molar-refractivity contribution in [1.29, 1.82) is 0 Å². The van der Waals surface area contributed by atoms with E-state index in [1.807, 2.05) is 44.2 Å². The Bertz CT molecular complexity index is 505. The van der Waals surface area contributed by atoms with Crippen molar-refractivity contribution in [3.63, 3.8) is 0 Å². The number of aliphatic hydroxyl groups excluding tert-OH is 2. The van der Waals surface area contributed by atoms with Crippen molar-refractivity contribution in [3.05, 3.63) is 35.9 Å². The fourth-order valence-corrected chi connectivity index (χ4v) is 2.30. The van der Waals surface area contributed by atoms with Crippen LogP contribution in [0.15, 0.2) is 30.3 Å². The molecule has 1 rings (SSSR count). The third kappa shape index (κ3) is 6.48. The minimum Gasteiger partial charge on any atom is -0.389 e. The summed E-state index contributed by atoms with van der Waals surface area (Å²) in [6.07, 6.45) is -0.680. The summed E-state index contributed by atoms with van der Waals surface area (Å²) in [6, 6.07) is 7.71. The maximum atomic E-state index is 12.1. The van der Waals surface area contributed by atoms with E-state index in [0.717, 1.165) is 5.56 Å². The molecule has 5 N–H and O–H groups in total. The number of benzene rings is 1. The van der Waals surface area contributed by atoms with Crippen LogP contribution in [0.3, 0.4) is 0 Å². The number of nitrogens with two attached hydrogens (primary N) is 1. The lowest BCUT2D eigenvalue weighted by atomic mass is 9.98. The van der Waals surface area contributed by atoms with E-state index in [1.54, 1.807) is 0 Å². The maximum absolute atomic E-state index is 12.1. The summed E-state index contributed by atoms with van der Waals surface area (Å²) >= 11 is 0. The predicted octanol–water partition coefficient (Wildman–Crippen LogP) is 0.00960. The van der Waals surface area contributed by atoms with Gasteiger partial charge in [-0.25, -0.2) is 0 Å². The van der Waals surface area contributed by atoms with Gasteiger partial charge in [0.05, 0.1) is 6.04 Å². The molecule has 1 amide bonds. The highest BCUT2D eigenvalue weighted by molar-refractivity contribution is 5.91. The number of carbonyl (C=O) groups is 2. The van der Waals surface area contributed by atoms with E-state index in [0.29, 0.717) is 12.8 Å². The highest BCUT2D eigenvalue weighted by atomic mass is 16.3. The summed E-state index contributed by atoms with van der Waals surface area (Å²) in [7, 11) is 0. The fourth-order valence-electron chi connectivity index (χ4n) is 2.30. The first-order chi connectivity index (χ1) is 10.8. The van der Waals surface area contributed by atoms with Gasteiger partial charge in [-0.3, -0.25) is 9.59 Å². The summed E-state index contributed by atoms with van der Waals surface area (Å²) < 4.78 is 0. The molecule has 0 unspecified atom stereocenters. The number of hydrogen-bond acceptors (Lipinski definition) is 5. The third-order valence-electron chi connectivity index (χ3n) is 3.56. The van der Waals surface area contributed by atoms with Crippen LogP contribution in [0.1, 0.15) is 25.8 Å². The number of rotatable bonds is 9. The molecule has 0 aliphatic rings. The molecule has 6 heteroatoms. The molecular formula is C17H26N2O4. The van der Waals surface area contributed by atoms with E-state index in [2.05, 4.69) is 5.32 Å². The summed E-state index contributed by atoms with van der Waals surface area (Å²) in [5.41, 5.74) is 6.80. The van der Waals surface area contributed by atoms with Gasteiger partial charge in [0.2, 0.25) is 0 Å². The van der Waals surface area contributed by atoms with Crippen LogP contribution < -0.4 is 11.1 Å². The van der Waals surface area contributed by atoms with E-state index in [-0.39, 0.29) is 5.92 Å². The van der Waals surface area contributed by atoms with E-state index >= 15 is 0 Å². The van der Waals surface area contributed by atoms with Crippen LogP contribution in [0.4, 0.5) is 0 Å². The van der Waals surface area contributed by atoms with Gasteiger partial charge in [-0.2, -0.15) is 0 Å². The quantitative estimate of drug-likeness (QED) is 0.511. The van der Waals surface area contributed by atoms with Crippen LogP contribution in [-0.2, 0) is 16.0 Å². The second kappa shape index (κ2) is 9.39. The van der Waals surface area contributed by atoms with Crippen LogP contribution in [0.25, 0.3) is 0 Å². The van der Waals surface area contributed by atoms with Crippen molar-refractivity contribution in [2.24, 2.45) is 11.7 Å². The van der Waals surface area contributed by atoms with Crippen molar-refractivity contribution >= 4 is 11.7 Å². The summed E-state index contributed by atoms with van der Waals surface area (Å²) in [6.45, 7) is 3.16. The van der Waals surface area contributed by atoms with Crippen molar-refractivity contribution in [3.8, 4) is 0 Å². The van der Waals surface area contributed by atoms with Gasteiger partial charge < -0.3 is 21.3 Å². The minimum absolute atomic E-state index is 0.158. The molecule has 23 heavy (non-hydrogen) atoms. The molecule has 0 aliphatic carbocycles. The van der Waals surface area contributed by atoms with Gasteiger partial charge in [0.1, 0.15) is 12.7 Å². The summed E-state index contributed by atoms with van der Waals surface area (Å²) in [5.74, 6) is -1.01. The normalized spacial score (nSPS) is 15.0. The summed E-state index contributed by atoms with van der Waals surface area (Å²) in [5, 5.41) is 21.5. The zero-order chi connectivity index (χ0) is 17.4. The molecule has 0 aliphatic heterocycles. The second-order valence-electron chi connectivity index (χ2n) is 6.11. The zero-order valence-electron chi connectivity index (χ0n) is 13.6. The highest BCUT2D eigenvalue weighted by Gasteiger charge is 2.28. The SMILES string of the molecule is CC(C)C[C@H](NC(=O)[C@@H](O)[C@H](N)Cc1ccccc1)C(=O)CO. The molecule has 1 aromatic carbocycles. The van der Waals surface area contributed by atoms with Crippen molar-refractivity contribution < 1.29 is 19.8 Å².